The van der Waals surface area contributed by atoms with Crippen molar-refractivity contribution >= 4 is 27.5 Å². The second-order valence-electron chi connectivity index (χ2n) is 6.66. The molecular weight excluding hydrogens is 328 g/mol. The summed E-state index contributed by atoms with van der Waals surface area (Å²) in [5.41, 5.74) is 2.80. The van der Waals surface area contributed by atoms with Crippen LogP contribution in [0.15, 0.2) is 16.6 Å². The van der Waals surface area contributed by atoms with E-state index < -0.39 is 0 Å². The number of nitrogens with one attached hydrogen (secondary N) is 2. The maximum Gasteiger partial charge on any atom is 0.230 e. The fourth-order valence-corrected chi connectivity index (χ4v) is 3.77. The van der Waals surface area contributed by atoms with E-state index in [1.807, 2.05) is 13.0 Å². The van der Waals surface area contributed by atoms with Crippen LogP contribution in [0.5, 0.6) is 0 Å². The monoisotopic (exact) mass is 352 g/mol. The van der Waals surface area contributed by atoms with Gasteiger partial charge in [0.15, 0.2) is 0 Å². The molecule has 21 heavy (non-hydrogen) atoms. The molecule has 1 aliphatic heterocycles. The first kappa shape index (κ1) is 16.5. The number of halogens is 1. The van der Waals surface area contributed by atoms with Gasteiger partial charge in [-0.15, -0.1) is 0 Å². The SMILES string of the molecule is Cc1cc(C)c(NC(=O)C(C)(C)C2CCCNC2)c(Br)c1. The molecule has 0 bridgehead atoms. The first-order valence-electron chi connectivity index (χ1n) is 7.61. The molecule has 2 N–H and O–H groups in total. The Kier molecular flexibility index (Phi) is 5.10. The van der Waals surface area contributed by atoms with E-state index in [1.165, 1.54) is 5.56 Å². The first-order valence-corrected chi connectivity index (χ1v) is 8.40. The lowest BCUT2D eigenvalue weighted by Crippen LogP contribution is -2.44. The van der Waals surface area contributed by atoms with E-state index in [1.54, 1.807) is 0 Å². The van der Waals surface area contributed by atoms with Crippen molar-refractivity contribution in [3.63, 3.8) is 0 Å². The number of hydrogen-bond donors (Lipinski definition) is 2. The number of rotatable bonds is 3. The van der Waals surface area contributed by atoms with E-state index in [2.05, 4.69) is 53.4 Å². The van der Waals surface area contributed by atoms with E-state index in [4.69, 9.17) is 0 Å². The minimum absolute atomic E-state index is 0.101. The zero-order valence-electron chi connectivity index (χ0n) is 13.3. The van der Waals surface area contributed by atoms with Crippen LogP contribution in [0.3, 0.4) is 0 Å². The maximum atomic E-state index is 12.8. The van der Waals surface area contributed by atoms with E-state index in [0.29, 0.717) is 5.92 Å². The van der Waals surface area contributed by atoms with Crippen LogP contribution in [0.2, 0.25) is 0 Å². The predicted octanol–water partition coefficient (Wildman–Crippen LogP) is 4.03. The molecule has 4 heteroatoms. The normalized spacial score (nSPS) is 19.4. The highest BCUT2D eigenvalue weighted by atomic mass is 79.9. The zero-order chi connectivity index (χ0) is 15.6. The summed E-state index contributed by atoms with van der Waals surface area (Å²) in [6.45, 7) is 10.2. The molecule has 1 aliphatic rings. The van der Waals surface area contributed by atoms with Gasteiger partial charge in [-0.25, -0.2) is 0 Å². The quantitative estimate of drug-likeness (QED) is 0.861. The molecule has 0 spiro atoms. The number of piperidine rings is 1. The largest absolute Gasteiger partial charge is 0.324 e. The van der Waals surface area contributed by atoms with Crippen LogP contribution >= 0.6 is 15.9 Å². The molecule has 3 nitrogen and oxygen atoms in total. The number of anilines is 1. The molecule has 0 saturated carbocycles. The third kappa shape index (κ3) is 3.67. The maximum absolute atomic E-state index is 12.8. The number of carbonyl (C=O) groups is 1. The Labute approximate surface area is 136 Å². The highest BCUT2D eigenvalue weighted by molar-refractivity contribution is 9.10. The molecule has 0 aromatic heterocycles. The molecule has 1 aromatic rings. The van der Waals surface area contributed by atoms with Gasteiger partial charge in [0.2, 0.25) is 5.91 Å². The van der Waals surface area contributed by atoms with Gasteiger partial charge in [-0.1, -0.05) is 19.9 Å². The van der Waals surface area contributed by atoms with Crippen molar-refractivity contribution in [2.75, 3.05) is 18.4 Å². The molecule has 1 unspecified atom stereocenters. The summed E-state index contributed by atoms with van der Waals surface area (Å²) in [7, 11) is 0. The minimum atomic E-state index is -0.371. The molecular formula is C17H25BrN2O. The van der Waals surface area contributed by atoms with Gasteiger partial charge < -0.3 is 10.6 Å². The topological polar surface area (TPSA) is 41.1 Å². The fraction of sp³-hybridized carbons (Fsp3) is 0.588. The van der Waals surface area contributed by atoms with Crippen molar-refractivity contribution < 1.29 is 4.79 Å². The molecule has 0 radical (unpaired) electrons. The van der Waals surface area contributed by atoms with Gasteiger partial charge in [0.1, 0.15) is 0 Å². The van der Waals surface area contributed by atoms with Crippen molar-refractivity contribution in [2.45, 2.75) is 40.5 Å². The van der Waals surface area contributed by atoms with Crippen molar-refractivity contribution in [3.8, 4) is 0 Å². The second-order valence-corrected chi connectivity index (χ2v) is 7.51. The summed E-state index contributed by atoms with van der Waals surface area (Å²) in [5.74, 6) is 0.486. The van der Waals surface area contributed by atoms with E-state index >= 15 is 0 Å². The molecule has 116 valence electrons. The highest BCUT2D eigenvalue weighted by Crippen LogP contribution is 2.35. The van der Waals surface area contributed by atoms with Crippen molar-refractivity contribution in [3.05, 3.63) is 27.7 Å². The van der Waals surface area contributed by atoms with Crippen LogP contribution in [0.4, 0.5) is 5.69 Å². The van der Waals surface area contributed by atoms with Gasteiger partial charge in [0, 0.05) is 9.89 Å². The van der Waals surface area contributed by atoms with Crippen LogP contribution in [-0.2, 0) is 4.79 Å². The average molecular weight is 353 g/mol. The van der Waals surface area contributed by atoms with Crippen molar-refractivity contribution in [1.29, 1.82) is 0 Å². The molecule has 1 amide bonds. The molecule has 1 aromatic carbocycles. The lowest BCUT2D eigenvalue weighted by Gasteiger charge is -2.36. The van der Waals surface area contributed by atoms with Crippen molar-refractivity contribution in [1.82, 2.24) is 5.32 Å². The van der Waals surface area contributed by atoms with Gasteiger partial charge >= 0.3 is 0 Å². The molecule has 2 rings (SSSR count). The summed E-state index contributed by atoms with van der Waals surface area (Å²) in [6.07, 6.45) is 2.26. The lowest BCUT2D eigenvalue weighted by atomic mass is 9.74. The average Bonchev–Trinajstić information content (AvgIpc) is 2.43. The molecule has 0 aliphatic carbocycles. The molecule has 1 saturated heterocycles. The van der Waals surface area contributed by atoms with Crippen LogP contribution in [0, 0.1) is 25.2 Å². The Balaban J connectivity index is 2.17. The number of aryl methyl sites for hydroxylation is 2. The van der Waals surface area contributed by atoms with E-state index in [0.717, 1.165) is 41.7 Å². The van der Waals surface area contributed by atoms with E-state index in [9.17, 15) is 4.79 Å². The Morgan fingerprint density at radius 2 is 2.10 bits per heavy atom. The third-order valence-corrected chi connectivity index (χ3v) is 5.20. The predicted molar refractivity (Wildman–Crippen MR) is 91.6 cm³/mol. The zero-order valence-corrected chi connectivity index (χ0v) is 14.9. The molecule has 1 heterocycles. The van der Waals surface area contributed by atoms with Crippen LogP contribution in [-0.4, -0.2) is 19.0 Å². The summed E-state index contributed by atoms with van der Waals surface area (Å²) >= 11 is 3.56. The first-order chi connectivity index (χ1) is 9.82. The molecule has 1 fully saturated rings. The second kappa shape index (κ2) is 6.49. The van der Waals surface area contributed by atoms with Gasteiger partial charge in [-0.3, -0.25) is 4.79 Å². The third-order valence-electron chi connectivity index (χ3n) is 4.57. The van der Waals surface area contributed by atoms with Crippen LogP contribution < -0.4 is 10.6 Å². The summed E-state index contributed by atoms with van der Waals surface area (Å²) < 4.78 is 0.950. The van der Waals surface area contributed by atoms with Crippen LogP contribution in [0.1, 0.15) is 37.8 Å². The van der Waals surface area contributed by atoms with Gasteiger partial charge in [-0.2, -0.15) is 0 Å². The van der Waals surface area contributed by atoms with Gasteiger partial charge in [-0.05, 0) is 78.8 Å². The van der Waals surface area contributed by atoms with Crippen molar-refractivity contribution in [2.24, 2.45) is 11.3 Å². The number of hydrogen-bond acceptors (Lipinski definition) is 2. The smallest absolute Gasteiger partial charge is 0.230 e. The van der Waals surface area contributed by atoms with E-state index in [-0.39, 0.29) is 11.3 Å². The summed E-state index contributed by atoms with van der Waals surface area (Å²) in [6, 6.07) is 4.13. The number of carbonyl (C=O) groups excluding carboxylic acids is 1. The summed E-state index contributed by atoms with van der Waals surface area (Å²) in [5, 5.41) is 6.53. The van der Waals surface area contributed by atoms with Gasteiger partial charge in [0.25, 0.3) is 0 Å². The molecule has 1 atom stereocenters. The standard InChI is InChI=1S/C17H25BrN2O/c1-11-8-12(2)15(14(18)9-11)20-16(21)17(3,4)13-6-5-7-19-10-13/h8-9,13,19H,5-7,10H2,1-4H3,(H,20,21). The van der Waals surface area contributed by atoms with Crippen LogP contribution in [0.25, 0.3) is 0 Å². The fourth-order valence-electron chi connectivity index (χ4n) is 3.00. The summed E-state index contributed by atoms with van der Waals surface area (Å²) in [4.78, 5) is 12.8. The lowest BCUT2D eigenvalue weighted by molar-refractivity contribution is -0.127. The highest BCUT2D eigenvalue weighted by Gasteiger charge is 2.37. The minimum Gasteiger partial charge on any atom is -0.324 e. The Bertz CT molecular complexity index is 511. The number of amides is 1. The Morgan fingerprint density at radius 1 is 1.38 bits per heavy atom. The van der Waals surface area contributed by atoms with Gasteiger partial charge in [0.05, 0.1) is 5.69 Å². The number of benzene rings is 1. The Hall–Kier alpha value is -0.870. The Morgan fingerprint density at radius 3 is 2.67 bits per heavy atom.